The van der Waals surface area contributed by atoms with Gasteiger partial charge in [-0.1, -0.05) is 15.9 Å². The summed E-state index contributed by atoms with van der Waals surface area (Å²) in [6.07, 6.45) is 0. The summed E-state index contributed by atoms with van der Waals surface area (Å²) in [7, 11) is 1.91. The van der Waals surface area contributed by atoms with Crippen LogP contribution in [-0.4, -0.2) is 7.05 Å². The van der Waals surface area contributed by atoms with Gasteiger partial charge in [0.1, 0.15) is 6.61 Å². The second-order valence-electron chi connectivity index (χ2n) is 3.76. The highest BCUT2D eigenvalue weighted by Gasteiger charge is 2.05. The van der Waals surface area contributed by atoms with Gasteiger partial charge in [0, 0.05) is 20.8 Å². The van der Waals surface area contributed by atoms with Gasteiger partial charge < -0.3 is 10.1 Å². The molecule has 0 bridgehead atoms. The Morgan fingerprint density at radius 3 is 2.78 bits per heavy atom. The summed E-state index contributed by atoms with van der Waals surface area (Å²) in [6, 6.07) is 8.85. The summed E-state index contributed by atoms with van der Waals surface area (Å²) < 4.78 is 19.7. The number of thiophene rings is 1. The van der Waals surface area contributed by atoms with Crippen LogP contribution in [0.25, 0.3) is 0 Å². The number of nitrogens with one attached hydrogen (secondary N) is 1. The minimum atomic E-state index is -0.351. The number of halogens is 2. The van der Waals surface area contributed by atoms with Crippen LogP contribution in [-0.2, 0) is 13.2 Å². The Labute approximate surface area is 118 Å². The zero-order valence-electron chi connectivity index (χ0n) is 9.87. The van der Waals surface area contributed by atoms with Crippen molar-refractivity contribution in [3.05, 3.63) is 50.4 Å². The third kappa shape index (κ3) is 3.54. The fourth-order valence-corrected chi connectivity index (χ4v) is 2.79. The van der Waals surface area contributed by atoms with Crippen molar-refractivity contribution in [2.75, 3.05) is 7.05 Å². The fraction of sp³-hybridized carbons (Fsp3) is 0.231. The highest BCUT2D eigenvalue weighted by atomic mass is 79.9. The second kappa shape index (κ2) is 6.31. The van der Waals surface area contributed by atoms with E-state index >= 15 is 0 Å². The molecule has 0 atom stereocenters. The third-order valence-corrected chi connectivity index (χ3v) is 3.88. The molecule has 96 valence electrons. The van der Waals surface area contributed by atoms with Crippen LogP contribution in [0.2, 0.25) is 0 Å². The first-order valence-electron chi connectivity index (χ1n) is 5.49. The van der Waals surface area contributed by atoms with Crippen molar-refractivity contribution < 1.29 is 9.13 Å². The smallest absolute Gasteiger partial charge is 0.166 e. The molecule has 0 amide bonds. The van der Waals surface area contributed by atoms with Crippen molar-refractivity contribution in [3.8, 4) is 5.75 Å². The van der Waals surface area contributed by atoms with Crippen LogP contribution in [0.3, 0.4) is 0 Å². The summed E-state index contributed by atoms with van der Waals surface area (Å²) in [5.41, 5.74) is 0. The van der Waals surface area contributed by atoms with E-state index in [2.05, 4.69) is 27.3 Å². The van der Waals surface area contributed by atoms with Crippen LogP contribution in [0.1, 0.15) is 9.75 Å². The summed E-state index contributed by atoms with van der Waals surface area (Å²) in [6.45, 7) is 1.24. The Balaban J connectivity index is 1.97. The van der Waals surface area contributed by atoms with Crippen molar-refractivity contribution in [3.63, 3.8) is 0 Å². The summed E-state index contributed by atoms with van der Waals surface area (Å²) in [4.78, 5) is 2.33. The number of hydrogen-bond acceptors (Lipinski definition) is 3. The van der Waals surface area contributed by atoms with Crippen molar-refractivity contribution in [1.82, 2.24) is 5.32 Å². The normalized spacial score (nSPS) is 10.6. The van der Waals surface area contributed by atoms with E-state index in [-0.39, 0.29) is 11.6 Å². The van der Waals surface area contributed by atoms with E-state index in [1.807, 2.05) is 13.1 Å². The summed E-state index contributed by atoms with van der Waals surface area (Å²) >= 11 is 4.88. The predicted octanol–water partition coefficient (Wildman–Crippen LogP) is 3.95. The lowest BCUT2D eigenvalue weighted by molar-refractivity contribution is 0.293. The molecule has 5 heteroatoms. The molecule has 1 aromatic heterocycles. The maximum Gasteiger partial charge on any atom is 0.166 e. The van der Waals surface area contributed by atoms with E-state index in [0.29, 0.717) is 11.1 Å². The molecule has 0 spiro atoms. The van der Waals surface area contributed by atoms with E-state index < -0.39 is 0 Å². The quantitative estimate of drug-likeness (QED) is 0.896. The van der Waals surface area contributed by atoms with Crippen molar-refractivity contribution in [1.29, 1.82) is 0 Å². The van der Waals surface area contributed by atoms with E-state index in [1.54, 1.807) is 23.5 Å². The van der Waals surface area contributed by atoms with Gasteiger partial charge in [-0.05, 0) is 37.4 Å². The van der Waals surface area contributed by atoms with Gasteiger partial charge in [0.25, 0.3) is 0 Å². The third-order valence-electron chi connectivity index (χ3n) is 2.33. The maximum atomic E-state index is 13.5. The molecule has 1 N–H and O–H groups in total. The first-order chi connectivity index (χ1) is 8.69. The van der Waals surface area contributed by atoms with E-state index in [9.17, 15) is 4.39 Å². The molecule has 0 radical (unpaired) electrons. The van der Waals surface area contributed by atoms with Crippen LogP contribution >= 0.6 is 27.3 Å². The molecule has 0 aliphatic rings. The molecule has 0 unspecified atom stereocenters. The van der Waals surface area contributed by atoms with Gasteiger partial charge in [0.2, 0.25) is 0 Å². The lowest BCUT2D eigenvalue weighted by Gasteiger charge is -2.05. The monoisotopic (exact) mass is 329 g/mol. The molecule has 0 fully saturated rings. The minimum absolute atomic E-state index is 0.279. The van der Waals surface area contributed by atoms with Crippen LogP contribution in [0.15, 0.2) is 34.8 Å². The largest absolute Gasteiger partial charge is 0.485 e. The van der Waals surface area contributed by atoms with Crippen molar-refractivity contribution >= 4 is 27.3 Å². The zero-order chi connectivity index (χ0) is 13.0. The molecule has 0 aliphatic carbocycles. The minimum Gasteiger partial charge on any atom is -0.485 e. The number of ether oxygens (including phenoxy) is 1. The molecular weight excluding hydrogens is 317 g/mol. The highest BCUT2D eigenvalue weighted by Crippen LogP contribution is 2.24. The molecule has 18 heavy (non-hydrogen) atoms. The maximum absolute atomic E-state index is 13.5. The molecule has 2 rings (SSSR count). The summed E-state index contributed by atoms with van der Waals surface area (Å²) in [5.74, 6) is -0.0712. The van der Waals surface area contributed by atoms with Crippen LogP contribution < -0.4 is 10.1 Å². The van der Waals surface area contributed by atoms with Gasteiger partial charge in [0.15, 0.2) is 11.6 Å². The topological polar surface area (TPSA) is 21.3 Å². The van der Waals surface area contributed by atoms with Gasteiger partial charge in [-0.15, -0.1) is 11.3 Å². The average Bonchev–Trinajstić information content (AvgIpc) is 2.76. The molecule has 0 saturated heterocycles. The molecule has 2 nitrogen and oxygen atoms in total. The molecular formula is C13H13BrFNOS. The van der Waals surface area contributed by atoms with Gasteiger partial charge in [-0.3, -0.25) is 0 Å². The Morgan fingerprint density at radius 1 is 1.28 bits per heavy atom. The second-order valence-corrected chi connectivity index (χ2v) is 5.93. The number of hydrogen-bond donors (Lipinski definition) is 1. The average molecular weight is 330 g/mol. The van der Waals surface area contributed by atoms with Gasteiger partial charge in [0.05, 0.1) is 0 Å². The Morgan fingerprint density at radius 2 is 2.06 bits per heavy atom. The first kappa shape index (κ1) is 13.5. The lowest BCUT2D eigenvalue weighted by Crippen LogP contribution is -2.02. The highest BCUT2D eigenvalue weighted by molar-refractivity contribution is 9.10. The SMILES string of the molecule is CNCc1ccc(COc2ccc(Br)cc2F)s1. The van der Waals surface area contributed by atoms with Gasteiger partial charge in [-0.25, -0.2) is 4.39 Å². The number of rotatable bonds is 5. The molecule has 1 aromatic carbocycles. The molecule has 1 heterocycles. The standard InChI is InChI=1S/C13H13BrFNOS/c1-16-7-10-3-4-11(18-10)8-17-13-5-2-9(14)6-12(13)15/h2-6,16H,7-8H2,1H3. The lowest BCUT2D eigenvalue weighted by atomic mass is 10.3. The molecule has 0 saturated carbocycles. The van der Waals surface area contributed by atoms with Crippen molar-refractivity contribution in [2.24, 2.45) is 0 Å². The molecule has 2 aromatic rings. The first-order valence-corrected chi connectivity index (χ1v) is 7.10. The van der Waals surface area contributed by atoms with E-state index in [4.69, 9.17) is 4.74 Å². The van der Waals surface area contributed by atoms with Crippen LogP contribution in [0.4, 0.5) is 4.39 Å². The predicted molar refractivity (Wildman–Crippen MR) is 75.5 cm³/mol. The van der Waals surface area contributed by atoms with E-state index in [1.165, 1.54) is 10.9 Å². The van der Waals surface area contributed by atoms with Gasteiger partial charge in [-0.2, -0.15) is 0 Å². The number of benzene rings is 1. The van der Waals surface area contributed by atoms with Gasteiger partial charge >= 0.3 is 0 Å². The van der Waals surface area contributed by atoms with Crippen LogP contribution in [0.5, 0.6) is 5.75 Å². The van der Waals surface area contributed by atoms with Crippen LogP contribution in [0, 0.1) is 5.82 Å². The fourth-order valence-electron chi connectivity index (χ4n) is 1.51. The summed E-state index contributed by atoms with van der Waals surface area (Å²) in [5, 5.41) is 3.09. The Kier molecular flexibility index (Phi) is 4.74. The van der Waals surface area contributed by atoms with Crippen molar-refractivity contribution in [2.45, 2.75) is 13.2 Å². The zero-order valence-corrected chi connectivity index (χ0v) is 12.3. The molecule has 0 aliphatic heterocycles. The van der Waals surface area contributed by atoms with E-state index in [0.717, 1.165) is 11.4 Å². The Bertz CT molecular complexity index is 529. The Hall–Kier alpha value is -0.910.